The lowest BCUT2D eigenvalue weighted by Gasteiger charge is -2.24. The lowest BCUT2D eigenvalue weighted by atomic mass is 10.0. The molecular formula is C22H24N2O3S2. The van der Waals surface area contributed by atoms with Gasteiger partial charge in [0.2, 0.25) is 0 Å². The maximum atomic E-state index is 13.0. The standard InChI is InChI=1S/C22H24N2O3S2/c1-15(21(27-3)16-8-10-18(26-2)11-9-16)24-22(25)19-6-4-5-7-20(19)29-13-17-12-28-14-23-17/h4-12,14-15,21H,13H2,1-3H3,(H,24,25)/t15-,21-/m0/s1. The van der Waals surface area contributed by atoms with E-state index in [2.05, 4.69) is 10.3 Å². The van der Waals surface area contributed by atoms with Crippen molar-refractivity contribution in [2.24, 2.45) is 0 Å². The highest BCUT2D eigenvalue weighted by Crippen LogP contribution is 2.27. The van der Waals surface area contributed by atoms with Gasteiger partial charge < -0.3 is 14.8 Å². The monoisotopic (exact) mass is 428 g/mol. The largest absolute Gasteiger partial charge is 0.497 e. The first kappa shape index (κ1) is 21.4. The number of hydrogen-bond donors (Lipinski definition) is 1. The fourth-order valence-corrected chi connectivity index (χ4v) is 4.64. The summed E-state index contributed by atoms with van der Waals surface area (Å²) < 4.78 is 10.9. The van der Waals surface area contributed by atoms with Crippen LogP contribution < -0.4 is 10.1 Å². The van der Waals surface area contributed by atoms with Crippen molar-refractivity contribution in [3.05, 3.63) is 76.2 Å². The minimum atomic E-state index is -0.264. The van der Waals surface area contributed by atoms with Crippen LogP contribution in [0.2, 0.25) is 0 Å². The summed E-state index contributed by atoms with van der Waals surface area (Å²) in [5.74, 6) is 1.40. The Morgan fingerprint density at radius 2 is 1.93 bits per heavy atom. The van der Waals surface area contributed by atoms with E-state index in [0.717, 1.165) is 27.7 Å². The molecule has 2 aromatic carbocycles. The average Bonchev–Trinajstić information content (AvgIpc) is 3.27. The first-order chi connectivity index (χ1) is 14.1. The Bertz CT molecular complexity index is 914. The van der Waals surface area contributed by atoms with Gasteiger partial charge in [-0.05, 0) is 36.8 Å². The van der Waals surface area contributed by atoms with E-state index >= 15 is 0 Å². The lowest BCUT2D eigenvalue weighted by molar-refractivity contribution is 0.0643. The molecule has 5 nitrogen and oxygen atoms in total. The van der Waals surface area contributed by atoms with Crippen molar-refractivity contribution >= 4 is 29.0 Å². The molecular weight excluding hydrogens is 404 g/mol. The number of nitrogens with one attached hydrogen (secondary N) is 1. The second-order valence-corrected chi connectivity index (χ2v) is 8.19. The molecule has 0 radical (unpaired) electrons. The summed E-state index contributed by atoms with van der Waals surface area (Å²) in [6, 6.07) is 15.1. The molecule has 2 atom stereocenters. The predicted octanol–water partition coefficient (Wildman–Crippen LogP) is 4.95. The van der Waals surface area contributed by atoms with E-state index in [4.69, 9.17) is 9.47 Å². The molecule has 29 heavy (non-hydrogen) atoms. The van der Waals surface area contributed by atoms with Crippen LogP contribution in [0, 0.1) is 0 Å². The Balaban J connectivity index is 1.69. The first-order valence-corrected chi connectivity index (χ1v) is 11.1. The number of thioether (sulfide) groups is 1. The van der Waals surface area contributed by atoms with Crippen LogP contribution in [0.25, 0.3) is 0 Å². The predicted molar refractivity (Wildman–Crippen MR) is 118 cm³/mol. The summed E-state index contributed by atoms with van der Waals surface area (Å²) in [6.07, 6.45) is -0.264. The number of benzene rings is 2. The second kappa shape index (κ2) is 10.4. The van der Waals surface area contributed by atoms with E-state index in [-0.39, 0.29) is 18.1 Å². The molecule has 0 aliphatic heterocycles. The zero-order chi connectivity index (χ0) is 20.6. The Labute approximate surface area is 179 Å². The summed E-state index contributed by atoms with van der Waals surface area (Å²) in [6.45, 7) is 1.95. The quantitative estimate of drug-likeness (QED) is 0.489. The molecule has 0 aliphatic rings. The van der Waals surface area contributed by atoms with Crippen LogP contribution in [0.5, 0.6) is 5.75 Å². The van der Waals surface area contributed by atoms with E-state index in [1.165, 1.54) is 0 Å². The number of carbonyl (C=O) groups excluding carboxylic acids is 1. The van der Waals surface area contributed by atoms with Crippen molar-refractivity contribution in [2.75, 3.05) is 14.2 Å². The van der Waals surface area contributed by atoms with Crippen LogP contribution in [-0.2, 0) is 10.5 Å². The van der Waals surface area contributed by atoms with Crippen molar-refractivity contribution in [1.29, 1.82) is 0 Å². The second-order valence-electron chi connectivity index (χ2n) is 6.46. The van der Waals surface area contributed by atoms with Crippen LogP contribution in [0.3, 0.4) is 0 Å². The average molecular weight is 429 g/mol. The van der Waals surface area contributed by atoms with Gasteiger partial charge >= 0.3 is 0 Å². The summed E-state index contributed by atoms with van der Waals surface area (Å²) in [4.78, 5) is 18.2. The zero-order valence-electron chi connectivity index (χ0n) is 16.6. The Morgan fingerprint density at radius 1 is 1.17 bits per heavy atom. The molecule has 3 rings (SSSR count). The fraction of sp³-hybridized carbons (Fsp3) is 0.273. The number of aromatic nitrogens is 1. The third-order valence-corrected chi connectivity index (χ3v) is 6.24. The minimum Gasteiger partial charge on any atom is -0.497 e. The number of methoxy groups -OCH3 is 2. The van der Waals surface area contributed by atoms with Gasteiger partial charge in [0.1, 0.15) is 11.9 Å². The third-order valence-electron chi connectivity index (χ3n) is 4.50. The lowest BCUT2D eigenvalue weighted by Crippen LogP contribution is -2.38. The van der Waals surface area contributed by atoms with Crippen LogP contribution in [0.1, 0.15) is 34.6 Å². The van der Waals surface area contributed by atoms with E-state index in [1.54, 1.807) is 37.3 Å². The Morgan fingerprint density at radius 3 is 2.59 bits per heavy atom. The summed E-state index contributed by atoms with van der Waals surface area (Å²) in [7, 11) is 3.28. The van der Waals surface area contributed by atoms with Gasteiger partial charge in [0.25, 0.3) is 5.91 Å². The number of ether oxygens (including phenoxy) is 2. The molecule has 1 aromatic heterocycles. The molecule has 152 valence electrons. The van der Waals surface area contributed by atoms with Crippen molar-refractivity contribution in [1.82, 2.24) is 10.3 Å². The first-order valence-electron chi connectivity index (χ1n) is 9.19. The van der Waals surface area contributed by atoms with Gasteiger partial charge in [0.05, 0.1) is 29.9 Å². The Kier molecular flexibility index (Phi) is 7.69. The molecule has 0 spiro atoms. The number of nitrogens with zero attached hydrogens (tertiary/aromatic N) is 1. The van der Waals surface area contributed by atoms with Gasteiger partial charge in [-0.15, -0.1) is 23.1 Å². The zero-order valence-corrected chi connectivity index (χ0v) is 18.3. The number of hydrogen-bond acceptors (Lipinski definition) is 6. The molecule has 3 aromatic rings. The SMILES string of the molecule is COc1ccc([C@@H](OC)[C@H](C)NC(=O)c2ccccc2SCc2cscn2)cc1. The smallest absolute Gasteiger partial charge is 0.252 e. The molecule has 0 aliphatic carbocycles. The van der Waals surface area contributed by atoms with Crippen molar-refractivity contribution < 1.29 is 14.3 Å². The molecule has 1 amide bonds. The summed E-state index contributed by atoms with van der Waals surface area (Å²) >= 11 is 3.19. The maximum Gasteiger partial charge on any atom is 0.252 e. The number of amides is 1. The fourth-order valence-electron chi connectivity index (χ4n) is 3.02. The van der Waals surface area contributed by atoms with E-state index in [0.29, 0.717) is 5.56 Å². The highest BCUT2D eigenvalue weighted by molar-refractivity contribution is 7.98. The third kappa shape index (κ3) is 5.59. The van der Waals surface area contributed by atoms with Crippen LogP contribution >= 0.6 is 23.1 Å². The summed E-state index contributed by atoms with van der Waals surface area (Å²) in [5.41, 5.74) is 4.47. The number of carbonyl (C=O) groups is 1. The summed E-state index contributed by atoms with van der Waals surface area (Å²) in [5, 5.41) is 5.11. The normalized spacial score (nSPS) is 12.9. The van der Waals surface area contributed by atoms with Crippen LogP contribution in [0.15, 0.2) is 64.3 Å². The van der Waals surface area contributed by atoms with Crippen molar-refractivity contribution in [3.63, 3.8) is 0 Å². The van der Waals surface area contributed by atoms with E-state index in [1.807, 2.05) is 66.3 Å². The van der Waals surface area contributed by atoms with Gasteiger partial charge in [-0.1, -0.05) is 24.3 Å². The molecule has 7 heteroatoms. The molecule has 0 bridgehead atoms. The van der Waals surface area contributed by atoms with Crippen LogP contribution in [0.4, 0.5) is 0 Å². The van der Waals surface area contributed by atoms with E-state index < -0.39 is 0 Å². The Hall–Kier alpha value is -2.35. The molecule has 0 unspecified atom stereocenters. The molecule has 0 fully saturated rings. The topological polar surface area (TPSA) is 60.5 Å². The van der Waals surface area contributed by atoms with Gasteiger partial charge in [-0.2, -0.15) is 0 Å². The van der Waals surface area contributed by atoms with Gasteiger partial charge in [-0.3, -0.25) is 4.79 Å². The van der Waals surface area contributed by atoms with Gasteiger partial charge in [0.15, 0.2) is 0 Å². The van der Waals surface area contributed by atoms with Crippen molar-refractivity contribution in [2.45, 2.75) is 29.7 Å². The number of rotatable bonds is 9. The minimum absolute atomic E-state index is 0.116. The molecule has 1 heterocycles. The van der Waals surface area contributed by atoms with Crippen molar-refractivity contribution in [3.8, 4) is 5.75 Å². The molecule has 1 N–H and O–H groups in total. The molecule has 0 saturated heterocycles. The van der Waals surface area contributed by atoms with Gasteiger partial charge in [-0.25, -0.2) is 4.98 Å². The maximum absolute atomic E-state index is 13.0. The highest BCUT2D eigenvalue weighted by Gasteiger charge is 2.22. The van der Waals surface area contributed by atoms with Crippen LogP contribution in [-0.4, -0.2) is 31.2 Å². The van der Waals surface area contributed by atoms with E-state index in [9.17, 15) is 4.79 Å². The number of thiazole rings is 1. The highest BCUT2D eigenvalue weighted by atomic mass is 32.2. The van der Waals surface area contributed by atoms with Gasteiger partial charge in [0, 0.05) is 23.1 Å². The molecule has 0 saturated carbocycles.